The molecule has 0 atom stereocenters. The van der Waals surface area contributed by atoms with Crippen molar-refractivity contribution >= 4 is 11.7 Å². The molecule has 0 aliphatic rings. The van der Waals surface area contributed by atoms with Crippen LogP contribution in [0.2, 0.25) is 0 Å². The number of nitro benzene ring substituents is 1. The van der Waals surface area contributed by atoms with Crippen LogP contribution in [0.1, 0.15) is 15.9 Å². The van der Waals surface area contributed by atoms with E-state index >= 15 is 0 Å². The molecule has 0 aliphatic heterocycles. The van der Waals surface area contributed by atoms with Crippen molar-refractivity contribution in [2.45, 2.75) is 6.18 Å². The summed E-state index contributed by atoms with van der Waals surface area (Å²) in [7, 11) is 0. The Balaban J connectivity index is 2.73. The molecular weight excluding hydrogens is 303 g/mol. The van der Waals surface area contributed by atoms with E-state index in [0.29, 0.717) is 0 Å². The fraction of sp³-hybridized carbons (Fsp3) is 0.0714. The second kappa shape index (κ2) is 5.47. The van der Waals surface area contributed by atoms with Gasteiger partial charge in [-0.05, 0) is 23.3 Å². The van der Waals surface area contributed by atoms with Crippen molar-refractivity contribution in [1.29, 1.82) is 0 Å². The molecule has 114 valence electrons. The summed E-state index contributed by atoms with van der Waals surface area (Å²) in [5, 5.41) is 19.8. The van der Waals surface area contributed by atoms with Crippen LogP contribution in [0.3, 0.4) is 0 Å². The van der Waals surface area contributed by atoms with Crippen LogP contribution in [0.4, 0.5) is 18.9 Å². The number of hydrogen-bond donors (Lipinski definition) is 1. The minimum atomic E-state index is -4.67. The molecular formula is C14H8F3NO4. The van der Waals surface area contributed by atoms with Crippen molar-refractivity contribution in [2.24, 2.45) is 0 Å². The van der Waals surface area contributed by atoms with Crippen LogP contribution < -0.4 is 0 Å². The van der Waals surface area contributed by atoms with Gasteiger partial charge in [-0.25, -0.2) is 4.79 Å². The van der Waals surface area contributed by atoms with E-state index in [0.717, 1.165) is 30.3 Å². The van der Waals surface area contributed by atoms with E-state index in [1.807, 2.05) is 0 Å². The van der Waals surface area contributed by atoms with E-state index in [1.54, 1.807) is 0 Å². The number of hydrogen-bond acceptors (Lipinski definition) is 3. The first-order chi connectivity index (χ1) is 10.2. The molecule has 8 heteroatoms. The second-order valence-electron chi connectivity index (χ2n) is 4.34. The zero-order chi connectivity index (χ0) is 16.5. The number of nitro groups is 1. The Morgan fingerprint density at radius 2 is 1.73 bits per heavy atom. The van der Waals surface area contributed by atoms with Crippen molar-refractivity contribution in [3.05, 3.63) is 63.7 Å². The molecule has 5 nitrogen and oxygen atoms in total. The molecule has 0 saturated carbocycles. The van der Waals surface area contributed by atoms with Crippen molar-refractivity contribution in [1.82, 2.24) is 0 Å². The molecule has 0 saturated heterocycles. The molecule has 0 amide bonds. The third kappa shape index (κ3) is 2.90. The maximum absolute atomic E-state index is 13.0. The van der Waals surface area contributed by atoms with Gasteiger partial charge in [-0.1, -0.05) is 18.2 Å². The number of rotatable bonds is 3. The highest BCUT2D eigenvalue weighted by Gasteiger charge is 2.34. The molecule has 2 rings (SSSR count). The largest absolute Gasteiger partial charge is 0.478 e. The van der Waals surface area contributed by atoms with E-state index < -0.39 is 33.9 Å². The first kappa shape index (κ1) is 15.5. The van der Waals surface area contributed by atoms with Crippen LogP contribution in [0, 0.1) is 10.1 Å². The number of carbonyl (C=O) groups is 1. The van der Waals surface area contributed by atoms with Gasteiger partial charge in [0.05, 0.1) is 16.1 Å². The Kier molecular flexibility index (Phi) is 3.85. The van der Waals surface area contributed by atoms with E-state index in [-0.39, 0.29) is 11.1 Å². The van der Waals surface area contributed by atoms with Gasteiger partial charge in [0.25, 0.3) is 5.69 Å². The predicted octanol–water partition coefficient (Wildman–Crippen LogP) is 3.98. The Hall–Kier alpha value is -2.90. The molecule has 0 heterocycles. The Morgan fingerprint density at radius 1 is 1.09 bits per heavy atom. The zero-order valence-corrected chi connectivity index (χ0v) is 10.8. The maximum atomic E-state index is 13.0. The molecule has 0 aromatic heterocycles. The molecule has 0 radical (unpaired) electrons. The normalized spacial score (nSPS) is 11.2. The number of carboxylic acids is 1. The van der Waals surface area contributed by atoms with Gasteiger partial charge in [-0.3, -0.25) is 10.1 Å². The van der Waals surface area contributed by atoms with Crippen molar-refractivity contribution < 1.29 is 28.0 Å². The number of non-ortho nitro benzene ring substituents is 1. The lowest BCUT2D eigenvalue weighted by molar-refractivity contribution is -0.384. The summed E-state index contributed by atoms with van der Waals surface area (Å²) in [5.74, 6) is -1.55. The van der Waals surface area contributed by atoms with Crippen LogP contribution in [-0.2, 0) is 6.18 Å². The van der Waals surface area contributed by atoms with Crippen LogP contribution in [0.5, 0.6) is 0 Å². The average Bonchev–Trinajstić information content (AvgIpc) is 2.45. The number of carboxylic acid groups (broad SMARTS) is 1. The summed E-state index contributed by atoms with van der Waals surface area (Å²) in [6.45, 7) is 0. The molecule has 0 aliphatic carbocycles. The summed E-state index contributed by atoms with van der Waals surface area (Å²) in [6.07, 6.45) is -4.67. The van der Waals surface area contributed by atoms with Gasteiger partial charge < -0.3 is 5.11 Å². The lowest BCUT2D eigenvalue weighted by Crippen LogP contribution is -2.09. The maximum Gasteiger partial charge on any atom is 0.417 e. The molecule has 22 heavy (non-hydrogen) atoms. The summed E-state index contributed by atoms with van der Waals surface area (Å²) in [5.41, 5.74) is -2.66. The standard InChI is InChI=1S/C14H8F3NO4/c15-14(16,17)12-4-2-1-3-10(12)9-6-5-8(18(21)22)7-11(9)13(19)20/h1-7H,(H,19,20). The minimum absolute atomic E-state index is 0.231. The minimum Gasteiger partial charge on any atom is -0.478 e. The lowest BCUT2D eigenvalue weighted by Gasteiger charge is -2.14. The van der Waals surface area contributed by atoms with Crippen LogP contribution >= 0.6 is 0 Å². The SMILES string of the molecule is O=C(O)c1cc([N+](=O)[O-])ccc1-c1ccccc1C(F)(F)F. The van der Waals surface area contributed by atoms with E-state index in [2.05, 4.69) is 0 Å². The predicted molar refractivity (Wildman–Crippen MR) is 70.5 cm³/mol. The van der Waals surface area contributed by atoms with Crippen LogP contribution in [-0.4, -0.2) is 16.0 Å². The molecule has 0 fully saturated rings. The number of alkyl halides is 3. The molecule has 0 spiro atoms. The topological polar surface area (TPSA) is 80.4 Å². The quantitative estimate of drug-likeness (QED) is 0.686. The van der Waals surface area contributed by atoms with Crippen molar-refractivity contribution in [3.63, 3.8) is 0 Å². The van der Waals surface area contributed by atoms with Gasteiger partial charge >= 0.3 is 12.1 Å². The van der Waals surface area contributed by atoms with Crippen molar-refractivity contribution in [2.75, 3.05) is 0 Å². The lowest BCUT2D eigenvalue weighted by atomic mass is 9.94. The van der Waals surface area contributed by atoms with E-state index in [1.165, 1.54) is 12.1 Å². The highest BCUT2D eigenvalue weighted by Crippen LogP contribution is 2.38. The molecule has 2 aromatic carbocycles. The number of nitrogens with zero attached hydrogens (tertiary/aromatic N) is 1. The van der Waals surface area contributed by atoms with Crippen LogP contribution in [0.25, 0.3) is 11.1 Å². The van der Waals surface area contributed by atoms with Gasteiger partial charge in [0, 0.05) is 12.1 Å². The summed E-state index contributed by atoms with van der Waals surface area (Å²) >= 11 is 0. The third-order valence-electron chi connectivity index (χ3n) is 2.97. The summed E-state index contributed by atoms with van der Waals surface area (Å²) in [4.78, 5) is 21.1. The van der Waals surface area contributed by atoms with Gasteiger partial charge in [0.2, 0.25) is 0 Å². The zero-order valence-electron chi connectivity index (χ0n) is 10.8. The van der Waals surface area contributed by atoms with E-state index in [4.69, 9.17) is 5.11 Å². The summed E-state index contributed by atoms with van der Waals surface area (Å²) in [6, 6.07) is 7.17. The Bertz CT molecular complexity index is 756. The van der Waals surface area contributed by atoms with Gasteiger partial charge in [0.15, 0.2) is 0 Å². The first-order valence-electron chi connectivity index (χ1n) is 5.90. The number of aromatic carboxylic acids is 1. The molecule has 1 N–H and O–H groups in total. The highest BCUT2D eigenvalue weighted by atomic mass is 19.4. The first-order valence-corrected chi connectivity index (χ1v) is 5.90. The van der Waals surface area contributed by atoms with Crippen LogP contribution in [0.15, 0.2) is 42.5 Å². The third-order valence-corrected chi connectivity index (χ3v) is 2.97. The average molecular weight is 311 g/mol. The number of benzene rings is 2. The fourth-order valence-corrected chi connectivity index (χ4v) is 2.02. The monoisotopic (exact) mass is 311 g/mol. The summed E-state index contributed by atoms with van der Waals surface area (Å²) < 4.78 is 39.1. The highest BCUT2D eigenvalue weighted by molar-refractivity contribution is 5.97. The number of halogens is 3. The van der Waals surface area contributed by atoms with Crippen molar-refractivity contribution in [3.8, 4) is 11.1 Å². The Morgan fingerprint density at radius 3 is 2.27 bits per heavy atom. The Labute approximate surface area is 121 Å². The second-order valence-corrected chi connectivity index (χ2v) is 4.34. The smallest absolute Gasteiger partial charge is 0.417 e. The molecule has 0 unspecified atom stereocenters. The molecule has 2 aromatic rings. The van der Waals surface area contributed by atoms with Gasteiger partial charge in [-0.15, -0.1) is 0 Å². The molecule has 0 bridgehead atoms. The fourth-order valence-electron chi connectivity index (χ4n) is 2.02. The van der Waals surface area contributed by atoms with Gasteiger partial charge in [0.1, 0.15) is 0 Å². The van der Waals surface area contributed by atoms with Gasteiger partial charge in [-0.2, -0.15) is 13.2 Å². The van der Waals surface area contributed by atoms with E-state index in [9.17, 15) is 28.1 Å².